The van der Waals surface area contributed by atoms with Crippen molar-refractivity contribution in [2.45, 2.75) is 45.6 Å². The average molecular weight is 443 g/mol. The quantitative estimate of drug-likeness (QED) is 0.665. The Morgan fingerprint density at radius 1 is 0.968 bits per heavy atom. The molecule has 0 atom stereocenters. The van der Waals surface area contributed by atoms with Crippen LogP contribution in [-0.4, -0.2) is 84.5 Å². The summed E-state index contributed by atoms with van der Waals surface area (Å²) in [7, 11) is 0. The number of rotatable bonds is 3. The summed E-state index contributed by atoms with van der Waals surface area (Å²) < 4.78 is 5.51. The number of aryl methyl sites for hydroxylation is 1. The molecule has 2 saturated heterocycles. The Morgan fingerprint density at radius 3 is 2.42 bits per heavy atom. The third-order valence-electron chi connectivity index (χ3n) is 6.77. The largest absolute Gasteiger partial charge is 0.378 e. The third kappa shape index (κ3) is 4.22. The van der Waals surface area contributed by atoms with Gasteiger partial charge in [-0.25, -0.2) is 15.0 Å². The first-order chi connectivity index (χ1) is 14.9. The smallest absolute Gasteiger partial charge is 0.226 e. The maximum absolute atomic E-state index is 5.51. The van der Waals surface area contributed by atoms with Crippen LogP contribution in [0.25, 0.3) is 0 Å². The molecule has 7 nitrogen and oxygen atoms in total. The lowest BCUT2D eigenvalue weighted by atomic mass is 9.77. The fourth-order valence-electron chi connectivity index (χ4n) is 4.96. The summed E-state index contributed by atoms with van der Waals surface area (Å²) in [5, 5.41) is 1.01. The number of morpholine rings is 1. The van der Waals surface area contributed by atoms with Gasteiger partial charge in [0.15, 0.2) is 0 Å². The molecule has 1 aromatic heterocycles. The molecule has 5 rings (SSSR count). The molecule has 1 aliphatic carbocycles. The summed E-state index contributed by atoms with van der Waals surface area (Å²) in [4.78, 5) is 23.7. The van der Waals surface area contributed by atoms with E-state index in [4.69, 9.17) is 19.7 Å². The van der Waals surface area contributed by atoms with E-state index in [1.807, 2.05) is 11.8 Å². The zero-order valence-electron chi connectivity index (χ0n) is 19.3. The maximum atomic E-state index is 5.51. The lowest BCUT2D eigenvalue weighted by molar-refractivity contribution is 0.122. The zero-order valence-corrected chi connectivity index (χ0v) is 20.1. The van der Waals surface area contributed by atoms with Crippen molar-refractivity contribution in [1.29, 1.82) is 0 Å². The molecule has 0 bridgehead atoms. The molecule has 4 aliphatic rings. The van der Waals surface area contributed by atoms with E-state index < -0.39 is 0 Å². The van der Waals surface area contributed by atoms with Gasteiger partial charge in [0.25, 0.3) is 0 Å². The van der Waals surface area contributed by atoms with Crippen molar-refractivity contribution in [2.75, 3.05) is 63.9 Å². The lowest BCUT2D eigenvalue weighted by Gasteiger charge is -2.43. The number of hydrogen-bond acceptors (Lipinski definition) is 8. The van der Waals surface area contributed by atoms with Crippen LogP contribution in [0.15, 0.2) is 20.6 Å². The number of ether oxygens (including phenoxy) is 1. The van der Waals surface area contributed by atoms with Gasteiger partial charge in [-0.1, -0.05) is 32.5 Å². The van der Waals surface area contributed by atoms with Crippen molar-refractivity contribution in [3.05, 3.63) is 16.3 Å². The number of likely N-dealkylation sites (N-methyl/N-ethyl adjacent to an activating group) is 1. The molecular weight excluding hydrogens is 408 g/mol. The number of fused-ring (bicyclic) bond motifs is 2. The molecule has 3 aliphatic heterocycles. The van der Waals surface area contributed by atoms with Crippen molar-refractivity contribution >= 4 is 29.1 Å². The van der Waals surface area contributed by atoms with E-state index in [2.05, 4.69) is 42.4 Å². The minimum atomic E-state index is 0.222. The van der Waals surface area contributed by atoms with Crippen molar-refractivity contribution in [2.24, 2.45) is 10.4 Å². The fourth-order valence-corrected chi connectivity index (χ4v) is 6.12. The predicted molar refractivity (Wildman–Crippen MR) is 126 cm³/mol. The van der Waals surface area contributed by atoms with Gasteiger partial charge in [-0.3, -0.25) is 0 Å². The number of aromatic nitrogens is 2. The first-order valence-corrected chi connectivity index (χ1v) is 12.4. The lowest BCUT2D eigenvalue weighted by Crippen LogP contribution is -2.47. The van der Waals surface area contributed by atoms with Crippen molar-refractivity contribution in [3.63, 3.8) is 0 Å². The number of piperazine rings is 1. The average Bonchev–Trinajstić information content (AvgIpc) is 2.78. The van der Waals surface area contributed by atoms with Crippen LogP contribution in [0.4, 0.5) is 11.6 Å². The van der Waals surface area contributed by atoms with Gasteiger partial charge in [0.2, 0.25) is 5.95 Å². The highest BCUT2D eigenvalue weighted by Crippen LogP contribution is 2.50. The highest BCUT2D eigenvalue weighted by atomic mass is 32.2. The van der Waals surface area contributed by atoms with Crippen molar-refractivity contribution < 1.29 is 4.74 Å². The molecule has 0 aromatic carbocycles. The monoisotopic (exact) mass is 442 g/mol. The van der Waals surface area contributed by atoms with Gasteiger partial charge in [-0.2, -0.15) is 0 Å². The minimum absolute atomic E-state index is 0.222. The number of aliphatic imine (C=N–C) groups is 1. The number of nitrogens with zero attached hydrogens (tertiary/aromatic N) is 6. The van der Waals surface area contributed by atoms with Crippen LogP contribution >= 0.6 is 11.8 Å². The fraction of sp³-hybridized carbons (Fsp3) is 0.696. The summed E-state index contributed by atoms with van der Waals surface area (Å²) in [6, 6.07) is 0. The van der Waals surface area contributed by atoms with E-state index >= 15 is 0 Å². The number of anilines is 1. The predicted octanol–water partition coefficient (Wildman–Crippen LogP) is 3.47. The first kappa shape index (κ1) is 21.2. The second kappa shape index (κ2) is 8.37. The van der Waals surface area contributed by atoms with Crippen LogP contribution in [0.3, 0.4) is 0 Å². The molecule has 1 aromatic rings. The zero-order chi connectivity index (χ0) is 21.6. The summed E-state index contributed by atoms with van der Waals surface area (Å²) in [5.74, 6) is 0.820. The molecular formula is C23H34N6OS. The van der Waals surface area contributed by atoms with E-state index in [1.165, 1.54) is 16.3 Å². The van der Waals surface area contributed by atoms with Crippen LogP contribution in [0.1, 0.15) is 39.3 Å². The van der Waals surface area contributed by atoms with Gasteiger partial charge in [-0.05, 0) is 31.7 Å². The summed E-state index contributed by atoms with van der Waals surface area (Å²) in [6.07, 6.45) is 2.12. The standard InChI is InChI=1S/C23H34N6OS/c1-5-27-6-8-28(9-7-27)18-15-23(3,4)14-17-20(18)31-21-19(25-17)16(2)24-22(26-21)29-10-12-30-13-11-29/h5-15H2,1-4H3. The van der Waals surface area contributed by atoms with E-state index in [0.29, 0.717) is 0 Å². The molecule has 0 spiro atoms. The van der Waals surface area contributed by atoms with E-state index in [1.54, 1.807) is 0 Å². The number of thioether (sulfide) groups is 1. The second-order valence-corrected chi connectivity index (χ2v) is 10.7. The van der Waals surface area contributed by atoms with Gasteiger partial charge in [0, 0.05) is 45.0 Å². The molecule has 168 valence electrons. The Bertz CT molecular complexity index is 913. The molecule has 0 radical (unpaired) electrons. The molecule has 0 N–H and O–H groups in total. The van der Waals surface area contributed by atoms with Crippen LogP contribution < -0.4 is 4.90 Å². The first-order valence-electron chi connectivity index (χ1n) is 11.6. The van der Waals surface area contributed by atoms with Gasteiger partial charge in [0.05, 0.1) is 29.5 Å². The summed E-state index contributed by atoms with van der Waals surface area (Å²) in [6.45, 7) is 17.9. The third-order valence-corrected chi connectivity index (χ3v) is 7.92. The molecule has 8 heteroatoms. The maximum Gasteiger partial charge on any atom is 0.226 e. The molecule has 4 heterocycles. The number of hydrogen-bond donors (Lipinski definition) is 0. The van der Waals surface area contributed by atoms with Crippen molar-refractivity contribution in [3.8, 4) is 0 Å². The van der Waals surface area contributed by atoms with Gasteiger partial charge in [-0.15, -0.1) is 0 Å². The minimum Gasteiger partial charge on any atom is -0.378 e. The summed E-state index contributed by atoms with van der Waals surface area (Å²) >= 11 is 1.83. The van der Waals surface area contributed by atoms with E-state index in [0.717, 1.165) is 94.2 Å². The Kier molecular flexibility index (Phi) is 5.73. The molecule has 31 heavy (non-hydrogen) atoms. The van der Waals surface area contributed by atoms with E-state index in [9.17, 15) is 0 Å². The Morgan fingerprint density at radius 2 is 1.71 bits per heavy atom. The van der Waals surface area contributed by atoms with Crippen molar-refractivity contribution in [1.82, 2.24) is 19.8 Å². The molecule has 0 saturated carbocycles. The SMILES string of the molecule is CCN1CCN(C2=C3Sc4nc(N5CCOCC5)nc(C)c4N=C3CC(C)(C)C2)CC1. The molecule has 2 fully saturated rings. The van der Waals surface area contributed by atoms with Crippen LogP contribution in [0.5, 0.6) is 0 Å². The Balaban J connectivity index is 1.51. The van der Waals surface area contributed by atoms with Gasteiger partial charge < -0.3 is 19.4 Å². The number of allylic oxidation sites excluding steroid dienone is 2. The van der Waals surface area contributed by atoms with E-state index in [-0.39, 0.29) is 5.41 Å². The van der Waals surface area contributed by atoms with Crippen LogP contribution in [-0.2, 0) is 4.74 Å². The second-order valence-electron chi connectivity index (χ2n) is 9.74. The van der Waals surface area contributed by atoms with Gasteiger partial charge >= 0.3 is 0 Å². The Labute approximate surface area is 190 Å². The van der Waals surface area contributed by atoms with Gasteiger partial charge in [0.1, 0.15) is 10.7 Å². The molecule has 0 amide bonds. The van der Waals surface area contributed by atoms with Crippen LogP contribution in [0, 0.1) is 12.3 Å². The Hall–Kier alpha value is -1.64. The topological polar surface area (TPSA) is 57.1 Å². The normalized spacial score (nSPS) is 24.1. The molecule has 0 unspecified atom stereocenters. The highest BCUT2D eigenvalue weighted by molar-refractivity contribution is 8.04. The van der Waals surface area contributed by atoms with Crippen LogP contribution in [0.2, 0.25) is 0 Å². The summed E-state index contributed by atoms with van der Waals surface area (Å²) in [5.41, 5.74) is 4.87. The highest BCUT2D eigenvalue weighted by Gasteiger charge is 2.38.